The van der Waals surface area contributed by atoms with Crippen LogP contribution >= 0.6 is 0 Å². The van der Waals surface area contributed by atoms with Crippen molar-refractivity contribution >= 4 is 5.78 Å². The molecule has 0 unspecified atom stereocenters. The van der Waals surface area contributed by atoms with Crippen molar-refractivity contribution in [3.05, 3.63) is 35.9 Å². The Morgan fingerprint density at radius 2 is 1.80 bits per heavy atom. The molecule has 0 saturated heterocycles. The second-order valence-electron chi connectivity index (χ2n) is 4.15. The molecule has 1 rings (SSSR count). The quantitative estimate of drug-likeness (QED) is 0.799. The molecule has 1 atom stereocenters. The number of hydrogen-bond donors (Lipinski definition) is 1. The van der Waals surface area contributed by atoms with E-state index >= 15 is 0 Å². The largest absolute Gasteiger partial charge is 0.304 e. The number of ketones is 1. The molecule has 1 N–H and O–H groups in total. The summed E-state index contributed by atoms with van der Waals surface area (Å²) in [5.41, 5.74) is 1.21. The second kappa shape index (κ2) is 5.66. The highest BCUT2D eigenvalue weighted by molar-refractivity contribution is 5.85. The molecular formula is C13H19NO. The molecule has 2 heteroatoms. The molecule has 15 heavy (non-hydrogen) atoms. The topological polar surface area (TPSA) is 29.1 Å². The first kappa shape index (κ1) is 11.9. The molecule has 0 bridgehead atoms. The van der Waals surface area contributed by atoms with E-state index in [-0.39, 0.29) is 17.7 Å². The van der Waals surface area contributed by atoms with Crippen LogP contribution in [-0.2, 0) is 11.3 Å². The van der Waals surface area contributed by atoms with Crippen LogP contribution in [-0.4, -0.2) is 11.8 Å². The Bertz CT molecular complexity index is 306. The summed E-state index contributed by atoms with van der Waals surface area (Å²) in [5.74, 6) is 0.370. The molecule has 0 fully saturated rings. The average Bonchev–Trinajstić information content (AvgIpc) is 2.26. The maximum Gasteiger partial charge on any atom is 0.151 e. The summed E-state index contributed by atoms with van der Waals surface area (Å²) in [6.07, 6.45) is 0. The lowest BCUT2D eigenvalue weighted by atomic mass is 10.0. The van der Waals surface area contributed by atoms with Gasteiger partial charge in [0, 0.05) is 12.5 Å². The molecule has 1 aromatic carbocycles. The van der Waals surface area contributed by atoms with Crippen LogP contribution in [0.4, 0.5) is 0 Å². The molecule has 0 spiro atoms. The van der Waals surface area contributed by atoms with Gasteiger partial charge in [-0.05, 0) is 12.5 Å². The fourth-order valence-corrected chi connectivity index (χ4v) is 1.47. The highest BCUT2D eigenvalue weighted by atomic mass is 16.1. The van der Waals surface area contributed by atoms with Crippen molar-refractivity contribution in [1.29, 1.82) is 0 Å². The van der Waals surface area contributed by atoms with E-state index in [0.717, 1.165) is 6.54 Å². The standard InChI is InChI=1S/C13H19NO/c1-10(2)13(15)11(3)14-9-12-7-5-4-6-8-12/h4-8,10-11,14H,9H2,1-3H3/t11-/m0/s1. The molecule has 1 aromatic rings. The summed E-state index contributed by atoms with van der Waals surface area (Å²) in [6.45, 7) is 6.54. The molecular weight excluding hydrogens is 186 g/mol. The van der Waals surface area contributed by atoms with E-state index in [2.05, 4.69) is 17.4 Å². The van der Waals surface area contributed by atoms with Gasteiger partial charge in [0.1, 0.15) is 0 Å². The van der Waals surface area contributed by atoms with E-state index in [9.17, 15) is 4.79 Å². The predicted octanol–water partition coefficient (Wildman–Crippen LogP) is 2.39. The summed E-state index contributed by atoms with van der Waals surface area (Å²) in [4.78, 5) is 11.6. The van der Waals surface area contributed by atoms with Gasteiger partial charge in [-0.1, -0.05) is 44.2 Å². The van der Waals surface area contributed by atoms with Crippen molar-refractivity contribution < 1.29 is 4.79 Å². The number of Topliss-reactive ketones (excluding diaryl/α,β-unsaturated/α-hetero) is 1. The van der Waals surface area contributed by atoms with Crippen LogP contribution in [0.5, 0.6) is 0 Å². The average molecular weight is 205 g/mol. The van der Waals surface area contributed by atoms with Crippen LogP contribution in [0.2, 0.25) is 0 Å². The van der Waals surface area contributed by atoms with E-state index in [1.165, 1.54) is 5.56 Å². The van der Waals surface area contributed by atoms with E-state index in [1.54, 1.807) is 0 Å². The van der Waals surface area contributed by atoms with Gasteiger partial charge in [-0.2, -0.15) is 0 Å². The zero-order valence-electron chi connectivity index (χ0n) is 9.66. The third-order valence-corrected chi connectivity index (χ3v) is 2.45. The van der Waals surface area contributed by atoms with E-state index in [1.807, 2.05) is 39.0 Å². The summed E-state index contributed by atoms with van der Waals surface area (Å²) in [7, 11) is 0. The summed E-state index contributed by atoms with van der Waals surface area (Å²) in [6, 6.07) is 10.0. The Kier molecular flexibility index (Phi) is 4.50. The highest BCUT2D eigenvalue weighted by Gasteiger charge is 2.15. The lowest BCUT2D eigenvalue weighted by Crippen LogP contribution is -2.36. The minimum Gasteiger partial charge on any atom is -0.304 e. The van der Waals surface area contributed by atoms with Crippen molar-refractivity contribution in [2.75, 3.05) is 0 Å². The molecule has 0 radical (unpaired) electrons. The number of carbonyl (C=O) groups excluding carboxylic acids is 1. The van der Waals surface area contributed by atoms with Crippen LogP contribution < -0.4 is 5.32 Å². The Balaban J connectivity index is 2.41. The van der Waals surface area contributed by atoms with Crippen molar-refractivity contribution in [2.45, 2.75) is 33.4 Å². The Morgan fingerprint density at radius 1 is 1.20 bits per heavy atom. The molecule has 82 valence electrons. The molecule has 0 aliphatic carbocycles. The van der Waals surface area contributed by atoms with Crippen LogP contribution in [0.1, 0.15) is 26.3 Å². The van der Waals surface area contributed by atoms with Gasteiger partial charge in [0.05, 0.1) is 6.04 Å². The summed E-state index contributed by atoms with van der Waals surface area (Å²) in [5, 5.41) is 3.23. The molecule has 0 heterocycles. The van der Waals surface area contributed by atoms with Gasteiger partial charge in [0.2, 0.25) is 0 Å². The molecule has 0 aromatic heterocycles. The van der Waals surface area contributed by atoms with Crippen LogP contribution in [0.25, 0.3) is 0 Å². The predicted molar refractivity (Wildman–Crippen MR) is 62.6 cm³/mol. The van der Waals surface area contributed by atoms with Crippen molar-refractivity contribution in [2.24, 2.45) is 5.92 Å². The number of carbonyl (C=O) groups is 1. The number of hydrogen-bond acceptors (Lipinski definition) is 2. The van der Waals surface area contributed by atoms with E-state index < -0.39 is 0 Å². The van der Waals surface area contributed by atoms with E-state index in [4.69, 9.17) is 0 Å². The van der Waals surface area contributed by atoms with Crippen LogP contribution in [0, 0.1) is 5.92 Å². The van der Waals surface area contributed by atoms with E-state index in [0.29, 0.717) is 0 Å². The van der Waals surface area contributed by atoms with Crippen LogP contribution in [0.15, 0.2) is 30.3 Å². The maximum atomic E-state index is 11.6. The number of benzene rings is 1. The summed E-state index contributed by atoms with van der Waals surface area (Å²) >= 11 is 0. The fraction of sp³-hybridized carbons (Fsp3) is 0.462. The van der Waals surface area contributed by atoms with Gasteiger partial charge in [-0.15, -0.1) is 0 Å². The monoisotopic (exact) mass is 205 g/mol. The molecule has 0 saturated carbocycles. The normalized spacial score (nSPS) is 12.8. The van der Waals surface area contributed by atoms with Gasteiger partial charge in [-0.3, -0.25) is 4.79 Å². The maximum absolute atomic E-state index is 11.6. The molecule has 2 nitrogen and oxygen atoms in total. The smallest absolute Gasteiger partial charge is 0.151 e. The van der Waals surface area contributed by atoms with Crippen molar-refractivity contribution in [3.63, 3.8) is 0 Å². The summed E-state index contributed by atoms with van der Waals surface area (Å²) < 4.78 is 0. The first-order valence-electron chi connectivity index (χ1n) is 5.42. The van der Waals surface area contributed by atoms with Gasteiger partial charge in [0.25, 0.3) is 0 Å². The molecule has 0 aliphatic heterocycles. The Hall–Kier alpha value is -1.15. The Morgan fingerprint density at radius 3 is 2.33 bits per heavy atom. The highest BCUT2D eigenvalue weighted by Crippen LogP contribution is 2.02. The Labute approximate surface area is 91.7 Å². The third-order valence-electron chi connectivity index (χ3n) is 2.45. The fourth-order valence-electron chi connectivity index (χ4n) is 1.47. The van der Waals surface area contributed by atoms with Gasteiger partial charge < -0.3 is 5.32 Å². The lowest BCUT2D eigenvalue weighted by Gasteiger charge is -2.14. The van der Waals surface area contributed by atoms with Gasteiger partial charge in [0.15, 0.2) is 5.78 Å². The lowest BCUT2D eigenvalue weighted by molar-refractivity contribution is -0.123. The minimum absolute atomic E-state index is 0.0646. The van der Waals surface area contributed by atoms with Crippen LogP contribution in [0.3, 0.4) is 0 Å². The SMILES string of the molecule is CC(C)C(=O)[C@H](C)NCc1ccccc1. The number of nitrogens with one attached hydrogen (secondary N) is 1. The van der Waals surface area contributed by atoms with Gasteiger partial charge >= 0.3 is 0 Å². The second-order valence-corrected chi connectivity index (χ2v) is 4.15. The third kappa shape index (κ3) is 3.84. The zero-order valence-corrected chi connectivity index (χ0v) is 9.66. The molecule has 0 amide bonds. The minimum atomic E-state index is -0.0646. The zero-order chi connectivity index (χ0) is 11.3. The number of rotatable bonds is 5. The van der Waals surface area contributed by atoms with Crippen molar-refractivity contribution in [1.82, 2.24) is 5.32 Å². The van der Waals surface area contributed by atoms with Crippen molar-refractivity contribution in [3.8, 4) is 0 Å². The van der Waals surface area contributed by atoms with Gasteiger partial charge in [-0.25, -0.2) is 0 Å². The first-order chi connectivity index (χ1) is 7.11. The first-order valence-corrected chi connectivity index (χ1v) is 5.42. The molecule has 0 aliphatic rings.